The largest absolute Gasteiger partial charge is 0.480 e. The molecule has 1 aromatic carbocycles. The third-order valence-electron chi connectivity index (χ3n) is 3.05. The van der Waals surface area contributed by atoms with Crippen molar-refractivity contribution in [3.05, 3.63) is 39.7 Å². The zero-order valence-electron chi connectivity index (χ0n) is 10.2. The quantitative estimate of drug-likeness (QED) is 0.625. The molecule has 0 aliphatic heterocycles. The predicted molar refractivity (Wildman–Crippen MR) is 64.7 cm³/mol. The second kappa shape index (κ2) is 5.24. The highest BCUT2D eigenvalue weighted by Gasteiger charge is 2.37. The van der Waals surface area contributed by atoms with Crippen molar-refractivity contribution >= 4 is 17.6 Å². The average Bonchev–Trinajstić information content (AvgIpc) is 3.19. The summed E-state index contributed by atoms with van der Waals surface area (Å²) >= 11 is 0. The molecule has 1 atom stereocenters. The van der Waals surface area contributed by atoms with Gasteiger partial charge in [0.2, 0.25) is 0 Å². The number of nitro benzene ring substituents is 1. The number of hydrogen-bond donors (Lipinski definition) is 2. The molecule has 0 saturated heterocycles. The number of carbonyl (C=O) groups excluding carboxylic acids is 1. The highest BCUT2D eigenvalue weighted by atomic mass is 19.1. The van der Waals surface area contributed by atoms with E-state index in [1.54, 1.807) is 0 Å². The van der Waals surface area contributed by atoms with Crippen LogP contribution in [0, 0.1) is 21.8 Å². The molecule has 0 radical (unpaired) electrons. The number of amides is 1. The fraction of sp³-hybridized carbons (Fsp3) is 0.333. The molecule has 106 valence electrons. The van der Waals surface area contributed by atoms with Crippen LogP contribution in [0.4, 0.5) is 10.1 Å². The van der Waals surface area contributed by atoms with Crippen LogP contribution in [0.1, 0.15) is 23.2 Å². The molecule has 1 amide bonds. The van der Waals surface area contributed by atoms with E-state index in [2.05, 4.69) is 5.32 Å². The molecule has 20 heavy (non-hydrogen) atoms. The van der Waals surface area contributed by atoms with Crippen molar-refractivity contribution in [3.8, 4) is 0 Å². The third kappa shape index (κ3) is 2.90. The molecule has 1 aliphatic rings. The lowest BCUT2D eigenvalue weighted by atomic mass is 10.1. The summed E-state index contributed by atoms with van der Waals surface area (Å²) in [6, 6.07) is 1.43. The minimum absolute atomic E-state index is 0.168. The molecule has 1 unspecified atom stereocenters. The number of carbonyl (C=O) groups is 2. The summed E-state index contributed by atoms with van der Waals surface area (Å²) in [7, 11) is 0. The molecule has 1 aromatic rings. The van der Waals surface area contributed by atoms with Crippen molar-refractivity contribution in [2.45, 2.75) is 18.9 Å². The van der Waals surface area contributed by atoms with Gasteiger partial charge in [0.15, 0.2) is 0 Å². The van der Waals surface area contributed by atoms with E-state index < -0.39 is 39.9 Å². The minimum Gasteiger partial charge on any atom is -0.480 e. The van der Waals surface area contributed by atoms with Crippen LogP contribution >= 0.6 is 0 Å². The Bertz CT molecular complexity index is 585. The number of non-ortho nitro benzene ring substituents is 1. The lowest BCUT2D eigenvalue weighted by Crippen LogP contribution is -2.42. The lowest BCUT2D eigenvalue weighted by molar-refractivity contribution is -0.384. The Morgan fingerprint density at radius 1 is 1.45 bits per heavy atom. The highest BCUT2D eigenvalue weighted by Crippen LogP contribution is 2.33. The Morgan fingerprint density at radius 3 is 2.60 bits per heavy atom. The molecule has 0 spiro atoms. The SMILES string of the molecule is O=C(NC(C(=O)O)C1CC1)c1cc([N+](=O)[O-])ccc1F. The van der Waals surface area contributed by atoms with E-state index in [4.69, 9.17) is 5.11 Å². The Labute approximate surface area is 112 Å². The Kier molecular flexibility index (Phi) is 3.64. The summed E-state index contributed by atoms with van der Waals surface area (Å²) < 4.78 is 13.5. The molecule has 0 aromatic heterocycles. The summed E-state index contributed by atoms with van der Waals surface area (Å²) in [6.07, 6.45) is 1.35. The van der Waals surface area contributed by atoms with E-state index in [0.717, 1.165) is 18.2 Å². The van der Waals surface area contributed by atoms with Gasteiger partial charge in [-0.25, -0.2) is 9.18 Å². The fourth-order valence-corrected chi connectivity index (χ4v) is 1.83. The first-order valence-electron chi connectivity index (χ1n) is 5.87. The number of rotatable bonds is 5. The zero-order valence-corrected chi connectivity index (χ0v) is 10.2. The second-order valence-corrected chi connectivity index (χ2v) is 4.55. The van der Waals surface area contributed by atoms with E-state index in [0.29, 0.717) is 12.8 Å². The summed E-state index contributed by atoms with van der Waals surface area (Å²) in [5, 5.41) is 21.8. The van der Waals surface area contributed by atoms with Gasteiger partial charge in [0.25, 0.3) is 11.6 Å². The molecule has 2 rings (SSSR count). The van der Waals surface area contributed by atoms with Gasteiger partial charge in [-0.05, 0) is 24.8 Å². The van der Waals surface area contributed by atoms with E-state index in [1.807, 2.05) is 0 Å². The number of halogens is 1. The molecule has 7 nitrogen and oxygen atoms in total. The van der Waals surface area contributed by atoms with Crippen LogP contribution in [0.15, 0.2) is 18.2 Å². The highest BCUT2D eigenvalue weighted by molar-refractivity contribution is 5.97. The third-order valence-corrected chi connectivity index (χ3v) is 3.05. The van der Waals surface area contributed by atoms with Crippen molar-refractivity contribution < 1.29 is 24.0 Å². The molecule has 0 bridgehead atoms. The van der Waals surface area contributed by atoms with E-state index in [9.17, 15) is 24.1 Å². The van der Waals surface area contributed by atoms with Crippen LogP contribution in [0.3, 0.4) is 0 Å². The van der Waals surface area contributed by atoms with Gasteiger partial charge < -0.3 is 10.4 Å². The molecule has 8 heteroatoms. The van der Waals surface area contributed by atoms with E-state index in [1.165, 1.54) is 0 Å². The van der Waals surface area contributed by atoms with Crippen LogP contribution in [0.2, 0.25) is 0 Å². The first-order chi connectivity index (χ1) is 9.40. The van der Waals surface area contributed by atoms with Crippen molar-refractivity contribution in [1.29, 1.82) is 0 Å². The summed E-state index contributed by atoms with van der Waals surface area (Å²) in [5.74, 6) is -3.27. The van der Waals surface area contributed by atoms with Gasteiger partial charge in [0, 0.05) is 12.1 Å². The number of carboxylic acid groups (broad SMARTS) is 1. The second-order valence-electron chi connectivity index (χ2n) is 4.55. The molecule has 1 saturated carbocycles. The number of benzene rings is 1. The number of hydrogen-bond acceptors (Lipinski definition) is 4. The molecular weight excluding hydrogens is 271 g/mol. The smallest absolute Gasteiger partial charge is 0.326 e. The fourth-order valence-electron chi connectivity index (χ4n) is 1.83. The van der Waals surface area contributed by atoms with Gasteiger partial charge >= 0.3 is 5.97 Å². The van der Waals surface area contributed by atoms with Crippen LogP contribution < -0.4 is 5.32 Å². The van der Waals surface area contributed by atoms with Crippen molar-refractivity contribution in [2.75, 3.05) is 0 Å². The first-order valence-corrected chi connectivity index (χ1v) is 5.87. The standard InChI is InChI=1S/C12H11FN2O5/c13-9-4-3-7(15(19)20)5-8(9)11(16)14-10(12(17)18)6-1-2-6/h3-6,10H,1-2H2,(H,14,16)(H,17,18). The van der Waals surface area contributed by atoms with Crippen LogP contribution in [0.25, 0.3) is 0 Å². The van der Waals surface area contributed by atoms with Crippen LogP contribution in [-0.4, -0.2) is 27.9 Å². The van der Waals surface area contributed by atoms with E-state index >= 15 is 0 Å². The number of aliphatic carboxylic acids is 1. The van der Waals surface area contributed by atoms with Crippen molar-refractivity contribution in [1.82, 2.24) is 5.32 Å². The topological polar surface area (TPSA) is 110 Å². The maximum atomic E-state index is 13.5. The number of carboxylic acids is 1. The molecule has 0 heterocycles. The van der Waals surface area contributed by atoms with E-state index in [-0.39, 0.29) is 5.92 Å². The molecule has 1 aliphatic carbocycles. The van der Waals surface area contributed by atoms with Gasteiger partial charge in [-0.1, -0.05) is 0 Å². The van der Waals surface area contributed by atoms with Gasteiger partial charge in [0.1, 0.15) is 11.9 Å². The monoisotopic (exact) mass is 282 g/mol. The van der Waals surface area contributed by atoms with Crippen molar-refractivity contribution in [3.63, 3.8) is 0 Å². The average molecular weight is 282 g/mol. The minimum atomic E-state index is -1.20. The predicted octanol–water partition coefficient (Wildman–Crippen LogP) is 1.33. The Morgan fingerprint density at radius 2 is 2.10 bits per heavy atom. The number of nitro groups is 1. The zero-order chi connectivity index (χ0) is 14.9. The maximum absolute atomic E-state index is 13.5. The van der Waals surface area contributed by atoms with Gasteiger partial charge in [0.05, 0.1) is 10.5 Å². The van der Waals surface area contributed by atoms with Crippen molar-refractivity contribution in [2.24, 2.45) is 5.92 Å². The Hall–Kier alpha value is -2.51. The van der Waals surface area contributed by atoms with Gasteiger partial charge in [-0.3, -0.25) is 14.9 Å². The summed E-state index contributed by atoms with van der Waals surface area (Å²) in [6.45, 7) is 0. The van der Waals surface area contributed by atoms with Gasteiger partial charge in [-0.15, -0.1) is 0 Å². The molecule has 2 N–H and O–H groups in total. The van der Waals surface area contributed by atoms with Gasteiger partial charge in [-0.2, -0.15) is 0 Å². The summed E-state index contributed by atoms with van der Waals surface area (Å²) in [5.41, 5.74) is -0.971. The normalized spacial score (nSPS) is 15.4. The van der Waals surface area contributed by atoms with Crippen LogP contribution in [0.5, 0.6) is 0 Å². The van der Waals surface area contributed by atoms with Crippen LogP contribution in [-0.2, 0) is 4.79 Å². The number of nitrogens with zero attached hydrogens (tertiary/aromatic N) is 1. The summed E-state index contributed by atoms with van der Waals surface area (Å²) in [4.78, 5) is 32.7. The maximum Gasteiger partial charge on any atom is 0.326 e. The number of nitrogens with one attached hydrogen (secondary N) is 1. The molecule has 1 fully saturated rings. The first kappa shape index (κ1) is 13.9. The lowest BCUT2D eigenvalue weighted by Gasteiger charge is -2.13. The molecular formula is C12H11FN2O5. The Balaban J connectivity index is 2.21.